The second-order valence-electron chi connectivity index (χ2n) is 3.66. The SMILES string of the molecule is C#C[C@@H](O)C(C)(C)CCCC. The van der Waals surface area contributed by atoms with Gasteiger partial charge >= 0.3 is 0 Å². The van der Waals surface area contributed by atoms with E-state index in [-0.39, 0.29) is 5.41 Å². The number of hydrogen-bond donors (Lipinski definition) is 1. The van der Waals surface area contributed by atoms with E-state index in [0.717, 1.165) is 19.3 Å². The lowest BCUT2D eigenvalue weighted by molar-refractivity contribution is 0.0895. The van der Waals surface area contributed by atoms with Crippen LogP contribution in [0, 0.1) is 17.8 Å². The van der Waals surface area contributed by atoms with E-state index in [0.29, 0.717) is 0 Å². The van der Waals surface area contributed by atoms with Crippen molar-refractivity contribution in [2.45, 2.75) is 46.1 Å². The summed E-state index contributed by atoms with van der Waals surface area (Å²) in [4.78, 5) is 0. The predicted octanol–water partition coefficient (Wildman–Crippen LogP) is 2.20. The van der Waals surface area contributed by atoms with E-state index in [2.05, 4.69) is 12.8 Å². The van der Waals surface area contributed by atoms with Gasteiger partial charge in [-0.05, 0) is 6.42 Å². The fourth-order valence-electron chi connectivity index (χ4n) is 0.995. The van der Waals surface area contributed by atoms with Crippen LogP contribution >= 0.6 is 0 Å². The Labute approximate surface area is 69.8 Å². The molecule has 0 aliphatic heterocycles. The van der Waals surface area contributed by atoms with Crippen molar-refractivity contribution in [3.63, 3.8) is 0 Å². The van der Waals surface area contributed by atoms with Gasteiger partial charge < -0.3 is 5.11 Å². The van der Waals surface area contributed by atoms with Gasteiger partial charge in [0.05, 0.1) is 0 Å². The van der Waals surface area contributed by atoms with Gasteiger partial charge in [-0.1, -0.05) is 39.5 Å². The average Bonchev–Trinajstić information content (AvgIpc) is 1.99. The highest BCUT2D eigenvalue weighted by atomic mass is 16.3. The van der Waals surface area contributed by atoms with Gasteiger partial charge in [0, 0.05) is 5.41 Å². The largest absolute Gasteiger partial charge is 0.380 e. The third-order valence-electron chi connectivity index (χ3n) is 2.07. The maximum atomic E-state index is 9.38. The van der Waals surface area contributed by atoms with Gasteiger partial charge in [-0.25, -0.2) is 0 Å². The van der Waals surface area contributed by atoms with Crippen molar-refractivity contribution in [1.82, 2.24) is 0 Å². The Morgan fingerprint density at radius 2 is 2.09 bits per heavy atom. The summed E-state index contributed by atoms with van der Waals surface area (Å²) in [6, 6.07) is 0. The van der Waals surface area contributed by atoms with Gasteiger partial charge in [0.2, 0.25) is 0 Å². The second kappa shape index (κ2) is 4.41. The Morgan fingerprint density at radius 1 is 1.55 bits per heavy atom. The van der Waals surface area contributed by atoms with E-state index < -0.39 is 6.10 Å². The van der Waals surface area contributed by atoms with Gasteiger partial charge in [-0.2, -0.15) is 0 Å². The van der Waals surface area contributed by atoms with E-state index in [1.165, 1.54) is 0 Å². The topological polar surface area (TPSA) is 20.2 Å². The van der Waals surface area contributed by atoms with Crippen LogP contribution in [0.15, 0.2) is 0 Å². The summed E-state index contributed by atoms with van der Waals surface area (Å²) >= 11 is 0. The molecule has 0 unspecified atom stereocenters. The van der Waals surface area contributed by atoms with Crippen molar-refractivity contribution in [3.8, 4) is 12.3 Å². The third kappa shape index (κ3) is 3.43. The van der Waals surface area contributed by atoms with Crippen LogP contribution in [0.5, 0.6) is 0 Å². The number of rotatable bonds is 4. The lowest BCUT2D eigenvalue weighted by atomic mass is 9.82. The Balaban J connectivity index is 3.90. The van der Waals surface area contributed by atoms with Crippen LogP contribution in [-0.2, 0) is 0 Å². The Bertz CT molecular complexity index is 141. The molecule has 0 aromatic carbocycles. The Morgan fingerprint density at radius 3 is 2.45 bits per heavy atom. The molecule has 1 nitrogen and oxygen atoms in total. The summed E-state index contributed by atoms with van der Waals surface area (Å²) in [5.41, 5.74) is -0.120. The Kier molecular flexibility index (Phi) is 4.22. The monoisotopic (exact) mass is 154 g/mol. The maximum absolute atomic E-state index is 9.38. The number of hydrogen-bond acceptors (Lipinski definition) is 1. The first-order chi connectivity index (χ1) is 5.04. The van der Waals surface area contributed by atoms with Crippen LogP contribution in [0.2, 0.25) is 0 Å². The molecule has 0 aromatic rings. The highest BCUT2D eigenvalue weighted by molar-refractivity contribution is 5.00. The summed E-state index contributed by atoms with van der Waals surface area (Å²) in [6.07, 6.45) is 7.81. The molecule has 0 fully saturated rings. The third-order valence-corrected chi connectivity index (χ3v) is 2.07. The van der Waals surface area contributed by atoms with Gasteiger partial charge in [0.15, 0.2) is 0 Å². The fourth-order valence-corrected chi connectivity index (χ4v) is 0.995. The van der Waals surface area contributed by atoms with Crippen molar-refractivity contribution in [2.75, 3.05) is 0 Å². The standard InChI is InChI=1S/C10H18O/c1-5-7-8-10(3,4)9(11)6-2/h2,9,11H,5,7-8H2,1,3-4H3/t9-/m1/s1. The zero-order valence-electron chi connectivity index (χ0n) is 7.72. The van der Waals surface area contributed by atoms with E-state index in [1.54, 1.807) is 0 Å². The summed E-state index contributed by atoms with van der Waals surface area (Å²) in [6.45, 7) is 6.15. The minimum absolute atomic E-state index is 0.120. The van der Waals surface area contributed by atoms with Crippen molar-refractivity contribution in [2.24, 2.45) is 5.41 Å². The maximum Gasteiger partial charge on any atom is 0.119 e. The lowest BCUT2D eigenvalue weighted by Crippen LogP contribution is -2.27. The van der Waals surface area contributed by atoms with Gasteiger partial charge in [-0.15, -0.1) is 6.42 Å². The minimum Gasteiger partial charge on any atom is -0.380 e. The summed E-state index contributed by atoms with van der Waals surface area (Å²) in [7, 11) is 0. The summed E-state index contributed by atoms with van der Waals surface area (Å²) < 4.78 is 0. The first-order valence-corrected chi connectivity index (χ1v) is 4.18. The van der Waals surface area contributed by atoms with Crippen molar-refractivity contribution < 1.29 is 5.11 Å². The zero-order chi connectivity index (χ0) is 8.91. The molecular formula is C10H18O. The molecule has 0 rings (SSSR count). The molecule has 1 atom stereocenters. The van der Waals surface area contributed by atoms with E-state index in [4.69, 9.17) is 6.42 Å². The van der Waals surface area contributed by atoms with Crippen molar-refractivity contribution >= 4 is 0 Å². The van der Waals surface area contributed by atoms with Crippen LogP contribution in [0.3, 0.4) is 0 Å². The van der Waals surface area contributed by atoms with E-state index in [9.17, 15) is 5.11 Å². The van der Waals surface area contributed by atoms with Gasteiger partial charge in [0.25, 0.3) is 0 Å². The molecule has 1 heteroatoms. The molecule has 0 bridgehead atoms. The Hall–Kier alpha value is -0.480. The van der Waals surface area contributed by atoms with E-state index in [1.807, 2.05) is 13.8 Å². The van der Waals surface area contributed by atoms with Crippen LogP contribution < -0.4 is 0 Å². The number of unbranched alkanes of at least 4 members (excludes halogenated alkanes) is 1. The second-order valence-corrected chi connectivity index (χ2v) is 3.66. The first-order valence-electron chi connectivity index (χ1n) is 4.18. The molecular weight excluding hydrogens is 136 g/mol. The van der Waals surface area contributed by atoms with Crippen molar-refractivity contribution in [3.05, 3.63) is 0 Å². The van der Waals surface area contributed by atoms with Crippen LogP contribution in [0.25, 0.3) is 0 Å². The molecule has 0 aliphatic rings. The molecule has 0 radical (unpaired) electrons. The average molecular weight is 154 g/mol. The molecule has 0 aliphatic carbocycles. The number of terminal acetylenes is 1. The highest BCUT2D eigenvalue weighted by Crippen LogP contribution is 2.26. The quantitative estimate of drug-likeness (QED) is 0.615. The molecule has 0 saturated heterocycles. The van der Waals surface area contributed by atoms with Gasteiger partial charge in [0.1, 0.15) is 6.10 Å². The predicted molar refractivity (Wildman–Crippen MR) is 48.1 cm³/mol. The lowest BCUT2D eigenvalue weighted by Gasteiger charge is -2.26. The van der Waals surface area contributed by atoms with Crippen LogP contribution in [0.4, 0.5) is 0 Å². The summed E-state index contributed by atoms with van der Waals surface area (Å²) in [5.74, 6) is 2.37. The minimum atomic E-state index is -0.603. The smallest absolute Gasteiger partial charge is 0.119 e. The molecule has 64 valence electrons. The molecule has 0 saturated carbocycles. The van der Waals surface area contributed by atoms with Crippen LogP contribution in [-0.4, -0.2) is 11.2 Å². The number of aliphatic hydroxyl groups is 1. The van der Waals surface area contributed by atoms with E-state index >= 15 is 0 Å². The highest BCUT2D eigenvalue weighted by Gasteiger charge is 2.24. The first kappa shape index (κ1) is 10.5. The molecule has 0 heterocycles. The zero-order valence-corrected chi connectivity index (χ0v) is 7.72. The molecule has 0 spiro atoms. The normalized spacial score (nSPS) is 14.1. The molecule has 1 N–H and O–H groups in total. The van der Waals surface area contributed by atoms with Crippen LogP contribution in [0.1, 0.15) is 40.0 Å². The van der Waals surface area contributed by atoms with Gasteiger partial charge in [-0.3, -0.25) is 0 Å². The molecule has 0 amide bonds. The molecule has 0 aromatic heterocycles. The fraction of sp³-hybridized carbons (Fsp3) is 0.800. The number of aliphatic hydroxyl groups excluding tert-OH is 1. The summed E-state index contributed by atoms with van der Waals surface area (Å²) in [5, 5.41) is 9.38. The van der Waals surface area contributed by atoms with Crippen molar-refractivity contribution in [1.29, 1.82) is 0 Å². The molecule has 11 heavy (non-hydrogen) atoms.